The molecule has 1 unspecified atom stereocenters. The molecule has 0 aliphatic carbocycles. The summed E-state index contributed by atoms with van der Waals surface area (Å²) in [5.74, 6) is -0.273. The zero-order valence-corrected chi connectivity index (χ0v) is 11.5. The maximum absolute atomic E-state index is 12.2. The average Bonchev–Trinajstić information content (AvgIpc) is 2.76. The number of nitro groups is 1. The first-order chi connectivity index (χ1) is 10.1. The van der Waals surface area contributed by atoms with Crippen molar-refractivity contribution in [1.29, 1.82) is 5.26 Å². The molecular formula is C14H16N4O3. The number of benzene rings is 1. The molecular weight excluding hydrogens is 272 g/mol. The summed E-state index contributed by atoms with van der Waals surface area (Å²) in [5.41, 5.74) is 0.0401. The van der Waals surface area contributed by atoms with Crippen LogP contribution in [-0.2, 0) is 4.79 Å². The van der Waals surface area contributed by atoms with E-state index in [1.54, 1.807) is 0 Å². The number of rotatable bonds is 3. The Morgan fingerprint density at radius 2 is 2.24 bits per heavy atom. The van der Waals surface area contributed by atoms with Crippen molar-refractivity contribution in [1.82, 2.24) is 5.32 Å². The van der Waals surface area contributed by atoms with Gasteiger partial charge in [-0.1, -0.05) is 12.8 Å². The zero-order chi connectivity index (χ0) is 15.2. The quantitative estimate of drug-likeness (QED) is 0.652. The largest absolute Gasteiger partial charge is 0.319 e. The minimum atomic E-state index is -0.600. The van der Waals surface area contributed by atoms with Gasteiger partial charge in [0.2, 0.25) is 5.91 Å². The number of anilines is 1. The van der Waals surface area contributed by atoms with Gasteiger partial charge in [0.1, 0.15) is 5.69 Å². The van der Waals surface area contributed by atoms with E-state index in [0.717, 1.165) is 38.3 Å². The van der Waals surface area contributed by atoms with E-state index < -0.39 is 4.92 Å². The van der Waals surface area contributed by atoms with Crippen LogP contribution >= 0.6 is 0 Å². The molecule has 1 heterocycles. The highest BCUT2D eigenvalue weighted by atomic mass is 16.6. The number of nitrogens with zero attached hydrogens (tertiary/aromatic N) is 2. The number of nitrogens with one attached hydrogen (secondary N) is 2. The van der Waals surface area contributed by atoms with Crippen LogP contribution in [0.3, 0.4) is 0 Å². The molecule has 0 aromatic heterocycles. The molecule has 0 spiro atoms. The first-order valence-corrected chi connectivity index (χ1v) is 6.84. The van der Waals surface area contributed by atoms with E-state index in [0.29, 0.717) is 0 Å². The maximum atomic E-state index is 12.2. The zero-order valence-electron chi connectivity index (χ0n) is 11.5. The summed E-state index contributed by atoms with van der Waals surface area (Å²) in [6, 6.07) is 5.52. The molecule has 2 rings (SSSR count). The number of carbonyl (C=O) groups excluding carboxylic acids is 1. The van der Waals surface area contributed by atoms with Crippen molar-refractivity contribution in [3.05, 3.63) is 33.9 Å². The Kier molecular flexibility index (Phi) is 4.85. The Hall–Kier alpha value is -2.46. The normalized spacial score (nSPS) is 18.3. The number of hydrogen-bond donors (Lipinski definition) is 2. The van der Waals surface area contributed by atoms with E-state index in [9.17, 15) is 14.9 Å². The van der Waals surface area contributed by atoms with Crippen molar-refractivity contribution in [2.24, 2.45) is 0 Å². The molecule has 1 aromatic carbocycles. The average molecular weight is 288 g/mol. The van der Waals surface area contributed by atoms with E-state index in [1.165, 1.54) is 12.1 Å². The van der Waals surface area contributed by atoms with Crippen LogP contribution in [0.25, 0.3) is 0 Å². The fourth-order valence-electron chi connectivity index (χ4n) is 2.33. The lowest BCUT2D eigenvalue weighted by molar-refractivity contribution is -0.383. The van der Waals surface area contributed by atoms with Crippen molar-refractivity contribution in [3.8, 4) is 6.07 Å². The Morgan fingerprint density at radius 3 is 2.95 bits per heavy atom. The summed E-state index contributed by atoms with van der Waals surface area (Å²) < 4.78 is 0. The fraction of sp³-hybridized carbons (Fsp3) is 0.429. The topological polar surface area (TPSA) is 108 Å². The van der Waals surface area contributed by atoms with Gasteiger partial charge in [0.05, 0.1) is 22.6 Å². The fourth-order valence-corrected chi connectivity index (χ4v) is 2.33. The predicted octanol–water partition coefficient (Wildman–Crippen LogP) is 1.94. The van der Waals surface area contributed by atoms with E-state index in [4.69, 9.17) is 5.26 Å². The SMILES string of the molecule is N#Cc1ccc(NC(=O)C2CCCCCN2)c([N+](=O)[O-])c1. The van der Waals surface area contributed by atoms with Crippen molar-refractivity contribution >= 4 is 17.3 Å². The third kappa shape index (κ3) is 3.77. The van der Waals surface area contributed by atoms with Gasteiger partial charge in [-0.05, 0) is 31.5 Å². The third-order valence-corrected chi connectivity index (χ3v) is 3.46. The van der Waals surface area contributed by atoms with Crippen molar-refractivity contribution in [3.63, 3.8) is 0 Å². The number of nitro benzene ring substituents is 1. The summed E-state index contributed by atoms with van der Waals surface area (Å²) in [6.45, 7) is 0.771. The minimum Gasteiger partial charge on any atom is -0.319 e. The number of amides is 1. The Balaban J connectivity index is 2.16. The van der Waals surface area contributed by atoms with Gasteiger partial charge in [-0.15, -0.1) is 0 Å². The molecule has 0 radical (unpaired) electrons. The van der Waals surface area contributed by atoms with Crippen LogP contribution in [0.1, 0.15) is 31.2 Å². The van der Waals surface area contributed by atoms with Gasteiger partial charge in [0, 0.05) is 6.07 Å². The summed E-state index contributed by atoms with van der Waals surface area (Å²) >= 11 is 0. The first-order valence-electron chi connectivity index (χ1n) is 6.84. The first kappa shape index (κ1) is 14.9. The Bertz CT molecular complexity index is 586. The van der Waals surface area contributed by atoms with Crippen LogP contribution in [-0.4, -0.2) is 23.4 Å². The van der Waals surface area contributed by atoms with Crippen LogP contribution < -0.4 is 10.6 Å². The minimum absolute atomic E-state index is 0.120. The van der Waals surface area contributed by atoms with Crippen LogP contribution in [0.15, 0.2) is 18.2 Å². The lowest BCUT2D eigenvalue weighted by Crippen LogP contribution is -2.39. The molecule has 1 saturated heterocycles. The van der Waals surface area contributed by atoms with Gasteiger partial charge in [-0.2, -0.15) is 5.26 Å². The second-order valence-electron chi connectivity index (χ2n) is 4.95. The molecule has 7 nitrogen and oxygen atoms in total. The molecule has 1 fully saturated rings. The number of carbonyl (C=O) groups is 1. The molecule has 1 aliphatic heterocycles. The van der Waals surface area contributed by atoms with Crippen LogP contribution in [0.2, 0.25) is 0 Å². The molecule has 1 atom stereocenters. The monoisotopic (exact) mass is 288 g/mol. The van der Waals surface area contributed by atoms with Gasteiger partial charge in [0.15, 0.2) is 0 Å². The summed E-state index contributed by atoms with van der Waals surface area (Å²) in [7, 11) is 0. The van der Waals surface area contributed by atoms with Gasteiger partial charge in [-0.25, -0.2) is 0 Å². The van der Waals surface area contributed by atoms with Gasteiger partial charge < -0.3 is 10.6 Å². The van der Waals surface area contributed by atoms with E-state index in [1.807, 2.05) is 6.07 Å². The molecule has 21 heavy (non-hydrogen) atoms. The third-order valence-electron chi connectivity index (χ3n) is 3.46. The maximum Gasteiger partial charge on any atom is 0.294 e. The van der Waals surface area contributed by atoms with E-state index in [2.05, 4.69) is 10.6 Å². The van der Waals surface area contributed by atoms with Gasteiger partial charge in [0.25, 0.3) is 5.69 Å². The molecule has 0 saturated carbocycles. The Morgan fingerprint density at radius 1 is 1.43 bits per heavy atom. The standard InChI is InChI=1S/C14H16N4O3/c15-9-10-5-6-11(13(8-10)18(20)21)17-14(19)12-4-2-1-3-7-16-12/h5-6,8,12,16H,1-4,7H2,(H,17,19). The Labute approximate surface area is 122 Å². The molecule has 1 amide bonds. The van der Waals surface area contributed by atoms with Crippen molar-refractivity contribution < 1.29 is 9.72 Å². The molecule has 1 aromatic rings. The van der Waals surface area contributed by atoms with E-state index in [-0.39, 0.29) is 28.9 Å². The second-order valence-corrected chi connectivity index (χ2v) is 4.95. The number of nitriles is 1. The molecule has 110 valence electrons. The summed E-state index contributed by atoms with van der Waals surface area (Å²) in [6.07, 6.45) is 3.78. The van der Waals surface area contributed by atoms with Crippen LogP contribution in [0.5, 0.6) is 0 Å². The highest BCUT2D eigenvalue weighted by Crippen LogP contribution is 2.25. The van der Waals surface area contributed by atoms with Crippen molar-refractivity contribution in [2.75, 3.05) is 11.9 Å². The summed E-state index contributed by atoms with van der Waals surface area (Å²) in [5, 5.41) is 25.5. The molecule has 1 aliphatic rings. The lowest BCUT2D eigenvalue weighted by atomic mass is 10.1. The van der Waals surface area contributed by atoms with Gasteiger partial charge >= 0.3 is 0 Å². The molecule has 7 heteroatoms. The second kappa shape index (κ2) is 6.81. The van der Waals surface area contributed by atoms with E-state index >= 15 is 0 Å². The highest BCUT2D eigenvalue weighted by molar-refractivity contribution is 5.96. The number of hydrogen-bond acceptors (Lipinski definition) is 5. The van der Waals surface area contributed by atoms with Crippen LogP contribution in [0, 0.1) is 21.4 Å². The summed E-state index contributed by atoms with van der Waals surface area (Å²) in [4.78, 5) is 22.6. The predicted molar refractivity (Wildman–Crippen MR) is 76.7 cm³/mol. The van der Waals surface area contributed by atoms with Crippen LogP contribution in [0.4, 0.5) is 11.4 Å². The highest BCUT2D eigenvalue weighted by Gasteiger charge is 2.23. The molecule has 2 N–H and O–H groups in total. The molecule has 0 bridgehead atoms. The van der Waals surface area contributed by atoms with Gasteiger partial charge in [-0.3, -0.25) is 14.9 Å². The van der Waals surface area contributed by atoms with Crippen molar-refractivity contribution in [2.45, 2.75) is 31.7 Å². The lowest BCUT2D eigenvalue weighted by Gasteiger charge is -2.15. The smallest absolute Gasteiger partial charge is 0.294 e.